The van der Waals surface area contributed by atoms with Crippen LogP contribution in [0.25, 0.3) is 0 Å². The van der Waals surface area contributed by atoms with Crippen molar-refractivity contribution in [3.63, 3.8) is 0 Å². The first-order valence-electron chi connectivity index (χ1n) is 10.1. The van der Waals surface area contributed by atoms with Crippen LogP contribution in [0, 0.1) is 11.8 Å². The molecule has 3 rings (SSSR count). The highest BCUT2D eigenvalue weighted by Gasteiger charge is 2.38. The van der Waals surface area contributed by atoms with E-state index < -0.39 is 30.6 Å². The van der Waals surface area contributed by atoms with Crippen LogP contribution in [-0.4, -0.2) is 37.9 Å². The van der Waals surface area contributed by atoms with Gasteiger partial charge >= 0.3 is 0 Å². The molecule has 4 nitrogen and oxygen atoms in total. The van der Waals surface area contributed by atoms with Crippen molar-refractivity contribution in [3.8, 4) is 11.5 Å². The molecule has 2 aliphatic heterocycles. The molecule has 2 aliphatic rings. The van der Waals surface area contributed by atoms with Gasteiger partial charge in [-0.15, -0.1) is 0 Å². The molecule has 4 heteroatoms. The van der Waals surface area contributed by atoms with Gasteiger partial charge in [-0.25, -0.2) is 0 Å². The summed E-state index contributed by atoms with van der Waals surface area (Å²) in [5.41, 5.74) is 1.47. The minimum Gasteiger partial charge on any atom is -0.493 e. The van der Waals surface area contributed by atoms with Crippen molar-refractivity contribution in [1.82, 2.24) is 4.90 Å². The van der Waals surface area contributed by atoms with Crippen molar-refractivity contribution in [2.75, 3.05) is 27.3 Å². The highest BCUT2D eigenvalue weighted by atomic mass is 16.5. The number of hydrogen-bond acceptors (Lipinski definition) is 4. The number of ketones is 1. The lowest BCUT2D eigenvalue weighted by Crippen LogP contribution is -2.46. The van der Waals surface area contributed by atoms with E-state index >= 15 is 0 Å². The molecule has 0 N–H and O–H groups in total. The van der Waals surface area contributed by atoms with E-state index in [2.05, 4.69) is 0 Å². The molecule has 0 bridgehead atoms. The quantitative estimate of drug-likeness (QED) is 0.853. The third-order valence-electron chi connectivity index (χ3n) is 4.50. The largest absolute Gasteiger partial charge is 0.493 e. The number of carbonyl (C=O) groups is 1. The van der Waals surface area contributed by atoms with E-state index in [1.165, 1.54) is 19.1 Å². The number of carbonyl (C=O) groups excluding carboxylic acids is 1. The van der Waals surface area contributed by atoms with Crippen LogP contribution in [-0.2, 0) is 11.2 Å². The maximum atomic E-state index is 13.0. The summed E-state index contributed by atoms with van der Waals surface area (Å²) in [6.07, 6.45) is -1.29. The van der Waals surface area contributed by atoms with Gasteiger partial charge in [-0.05, 0) is 42.0 Å². The zero-order valence-electron chi connectivity index (χ0n) is 18.2. The van der Waals surface area contributed by atoms with Crippen molar-refractivity contribution < 1.29 is 19.8 Å². The van der Waals surface area contributed by atoms with Gasteiger partial charge in [-0.1, -0.05) is 13.8 Å². The first kappa shape index (κ1) is 11.9. The summed E-state index contributed by atoms with van der Waals surface area (Å²) < 4.78 is 45.3. The summed E-state index contributed by atoms with van der Waals surface area (Å²) in [7, 11) is 3.04. The number of rotatable bonds is 4. The Labute approximate surface area is 144 Å². The van der Waals surface area contributed by atoms with Crippen LogP contribution >= 0.6 is 0 Å². The highest BCUT2D eigenvalue weighted by molar-refractivity contribution is 5.83. The molecule has 1 saturated heterocycles. The summed E-state index contributed by atoms with van der Waals surface area (Å²) in [4.78, 5) is 14.6. The third-order valence-corrected chi connectivity index (χ3v) is 4.50. The molecule has 2 heterocycles. The van der Waals surface area contributed by atoms with Crippen LogP contribution in [0.5, 0.6) is 11.5 Å². The fourth-order valence-corrected chi connectivity index (χ4v) is 3.37. The molecule has 1 aromatic carbocycles. The van der Waals surface area contributed by atoms with Gasteiger partial charge in [0.05, 0.1) is 14.2 Å². The summed E-state index contributed by atoms with van der Waals surface area (Å²) in [6, 6.07) is 2.52. The van der Waals surface area contributed by atoms with Gasteiger partial charge in [0.1, 0.15) is 5.78 Å². The minimum absolute atomic E-state index is 0.0998. The maximum absolute atomic E-state index is 13.0. The molecule has 2 unspecified atom stereocenters. The molecule has 23 heavy (non-hydrogen) atoms. The molecule has 0 spiro atoms. The summed E-state index contributed by atoms with van der Waals surface area (Å²) >= 11 is 0. The van der Waals surface area contributed by atoms with Crippen LogP contribution in [0.2, 0.25) is 0 Å². The molecule has 0 amide bonds. The lowest BCUT2D eigenvalue weighted by Gasteiger charge is -2.43. The Morgan fingerprint density at radius 3 is 2.65 bits per heavy atom. The van der Waals surface area contributed by atoms with E-state index in [9.17, 15) is 4.79 Å². The number of hydrogen-bond donors (Lipinski definition) is 0. The Balaban J connectivity index is 2.14. The van der Waals surface area contributed by atoms with Crippen molar-refractivity contribution in [2.24, 2.45) is 11.8 Å². The lowest BCUT2D eigenvalue weighted by molar-refractivity contribution is -0.129. The Hall–Kier alpha value is -1.55. The van der Waals surface area contributed by atoms with E-state index in [1.54, 1.807) is 6.07 Å². The first-order chi connectivity index (χ1) is 12.6. The van der Waals surface area contributed by atoms with Gasteiger partial charge in [0.25, 0.3) is 0 Å². The van der Waals surface area contributed by atoms with E-state index in [-0.39, 0.29) is 5.92 Å². The number of fused-ring (bicyclic) bond motifs is 3. The van der Waals surface area contributed by atoms with Crippen molar-refractivity contribution in [2.45, 2.75) is 39.1 Å². The second-order valence-electron chi connectivity index (χ2n) is 6.57. The van der Waals surface area contributed by atoms with Crippen LogP contribution in [0.4, 0.5) is 0 Å². The van der Waals surface area contributed by atoms with E-state index in [0.29, 0.717) is 36.4 Å². The van der Waals surface area contributed by atoms with Crippen molar-refractivity contribution in [3.05, 3.63) is 23.3 Å². The third kappa shape index (κ3) is 3.09. The molecule has 1 aromatic rings. The second kappa shape index (κ2) is 6.52. The molecule has 0 saturated carbocycles. The number of ether oxygens (including phenoxy) is 2. The molecule has 0 aromatic heterocycles. The normalized spacial score (nSPS) is 31.3. The van der Waals surface area contributed by atoms with Crippen LogP contribution in [0.3, 0.4) is 0 Å². The zero-order valence-corrected chi connectivity index (χ0v) is 14.2. The van der Waals surface area contributed by atoms with Crippen LogP contribution < -0.4 is 9.47 Å². The Bertz CT molecular complexity index is 751. The molecule has 2 atom stereocenters. The van der Waals surface area contributed by atoms with Crippen LogP contribution in [0.1, 0.15) is 49.3 Å². The fourth-order valence-electron chi connectivity index (χ4n) is 3.37. The summed E-state index contributed by atoms with van der Waals surface area (Å²) in [6.45, 7) is 2.30. The SMILES string of the molecule is [2H]C1([2H])C(=O)C(CC(C)C)C([2H])([2H])N2CCc3cc(OC)c(OC)cc3C21. The molecular weight excluding hydrogens is 290 g/mol. The monoisotopic (exact) mass is 321 g/mol. The lowest BCUT2D eigenvalue weighted by atomic mass is 9.80. The van der Waals surface area contributed by atoms with Gasteiger partial charge in [0.2, 0.25) is 0 Å². The second-order valence-corrected chi connectivity index (χ2v) is 6.57. The standard InChI is InChI=1S/C19H27NO3/c1-12(2)7-14-11-20-6-5-13-8-18(22-3)19(23-4)9-15(13)16(20)10-17(14)21/h8-9,12,14,16H,5-7,10-11H2,1-4H3/i10D2,11D2. The number of Topliss-reactive ketones (excluding diaryl/α,β-unsaturated/α-hetero) is 1. The zero-order chi connectivity index (χ0) is 20.1. The fraction of sp³-hybridized carbons (Fsp3) is 0.632. The number of benzene rings is 1. The topological polar surface area (TPSA) is 38.8 Å². The average molecular weight is 321 g/mol. The van der Waals surface area contributed by atoms with E-state index in [1.807, 2.05) is 19.9 Å². The van der Waals surface area contributed by atoms with E-state index in [0.717, 1.165) is 5.56 Å². The number of methoxy groups -OCH3 is 2. The highest BCUT2D eigenvalue weighted by Crippen LogP contribution is 2.42. The first-order valence-corrected chi connectivity index (χ1v) is 8.11. The molecule has 126 valence electrons. The van der Waals surface area contributed by atoms with Gasteiger partial charge < -0.3 is 9.47 Å². The smallest absolute Gasteiger partial charge is 0.161 e. The maximum Gasteiger partial charge on any atom is 0.161 e. The molecular formula is C19H27NO3. The van der Waals surface area contributed by atoms with Crippen LogP contribution in [0.15, 0.2) is 12.1 Å². The van der Waals surface area contributed by atoms with Gasteiger partial charge in [-0.2, -0.15) is 0 Å². The summed E-state index contributed by atoms with van der Waals surface area (Å²) in [5.74, 6) is -0.530. The van der Waals surface area contributed by atoms with Gasteiger partial charge in [0.15, 0.2) is 11.5 Å². The van der Waals surface area contributed by atoms with Gasteiger partial charge in [0, 0.05) is 36.9 Å². The molecule has 0 radical (unpaired) electrons. The van der Waals surface area contributed by atoms with Crippen molar-refractivity contribution in [1.29, 1.82) is 0 Å². The predicted octanol–water partition coefficient (Wildman–Crippen LogP) is 3.24. The average Bonchev–Trinajstić information content (AvgIpc) is 2.61. The van der Waals surface area contributed by atoms with E-state index in [4.69, 9.17) is 15.0 Å². The molecule has 1 fully saturated rings. The predicted molar refractivity (Wildman–Crippen MR) is 90.1 cm³/mol. The number of piperidine rings is 1. The Morgan fingerprint density at radius 2 is 2.00 bits per heavy atom. The number of nitrogens with zero attached hydrogens (tertiary/aromatic N) is 1. The van der Waals surface area contributed by atoms with Gasteiger partial charge in [-0.3, -0.25) is 9.69 Å². The summed E-state index contributed by atoms with van der Waals surface area (Å²) in [5, 5.41) is 0. The molecule has 0 aliphatic carbocycles. The Morgan fingerprint density at radius 1 is 1.30 bits per heavy atom. The minimum atomic E-state index is -2.18. The Kier molecular flexibility index (Phi) is 3.37. The van der Waals surface area contributed by atoms with Crippen molar-refractivity contribution >= 4 is 5.78 Å².